The Bertz CT molecular complexity index is 96.1. The van der Waals surface area contributed by atoms with E-state index in [2.05, 4.69) is 18.9 Å². The lowest BCUT2D eigenvalue weighted by Crippen LogP contribution is -2.20. The Morgan fingerprint density at radius 2 is 1.54 bits per heavy atom. The molecule has 2 heteroatoms. The van der Waals surface area contributed by atoms with Crippen LogP contribution in [0.3, 0.4) is 0 Å². The van der Waals surface area contributed by atoms with Gasteiger partial charge in [0.2, 0.25) is 0 Å². The molecule has 0 fully saturated rings. The Hall–Kier alpha value is -0.0800. The fraction of sp³-hybridized carbons (Fsp3) is 1.00. The van der Waals surface area contributed by atoms with Crippen molar-refractivity contribution in [1.29, 1.82) is 0 Å². The van der Waals surface area contributed by atoms with E-state index in [1.165, 1.54) is 45.2 Å². The van der Waals surface area contributed by atoms with Crippen LogP contribution in [0.5, 0.6) is 0 Å². The fourth-order valence-corrected chi connectivity index (χ4v) is 1.39. The quantitative estimate of drug-likeness (QED) is 0.560. The van der Waals surface area contributed by atoms with Gasteiger partial charge in [-0.15, -0.1) is 0 Å². The van der Waals surface area contributed by atoms with Crippen LogP contribution in [-0.4, -0.2) is 36.8 Å². The summed E-state index contributed by atoms with van der Waals surface area (Å²) < 4.78 is 0. The third-order valence-corrected chi connectivity index (χ3v) is 2.34. The van der Waals surface area contributed by atoms with Gasteiger partial charge in [-0.25, -0.2) is 0 Å². The maximum atomic E-state index is 8.58. The molecule has 0 saturated heterocycles. The van der Waals surface area contributed by atoms with Gasteiger partial charge in [0.05, 0.1) is 0 Å². The number of aliphatic hydroxyl groups excluding tert-OH is 1. The summed E-state index contributed by atoms with van der Waals surface area (Å²) >= 11 is 0. The summed E-state index contributed by atoms with van der Waals surface area (Å²) in [5.41, 5.74) is 0. The van der Waals surface area contributed by atoms with E-state index in [-0.39, 0.29) is 0 Å². The highest BCUT2D eigenvalue weighted by Crippen LogP contribution is 2.01. The SMILES string of the molecule is CCCCN(C)CCCCCCO. The third kappa shape index (κ3) is 9.84. The topological polar surface area (TPSA) is 23.5 Å². The van der Waals surface area contributed by atoms with Crippen LogP contribution >= 0.6 is 0 Å². The van der Waals surface area contributed by atoms with Gasteiger partial charge in [-0.3, -0.25) is 0 Å². The van der Waals surface area contributed by atoms with Gasteiger partial charge in [-0.05, 0) is 39.4 Å². The average Bonchev–Trinajstić information content (AvgIpc) is 2.14. The summed E-state index contributed by atoms with van der Waals surface area (Å²) in [5.74, 6) is 0. The molecule has 0 aromatic carbocycles. The standard InChI is InChI=1S/C11H25NO/c1-3-4-9-12(2)10-7-5-6-8-11-13/h13H,3-11H2,1-2H3. The van der Waals surface area contributed by atoms with Crippen molar-refractivity contribution in [3.8, 4) is 0 Å². The van der Waals surface area contributed by atoms with Crippen molar-refractivity contribution in [3.63, 3.8) is 0 Å². The highest BCUT2D eigenvalue weighted by molar-refractivity contribution is 4.52. The van der Waals surface area contributed by atoms with E-state index < -0.39 is 0 Å². The van der Waals surface area contributed by atoms with E-state index in [0.717, 1.165) is 6.42 Å². The van der Waals surface area contributed by atoms with Crippen molar-refractivity contribution in [2.45, 2.75) is 45.4 Å². The predicted octanol–water partition coefficient (Wildman–Crippen LogP) is 2.27. The lowest BCUT2D eigenvalue weighted by atomic mass is 10.2. The first kappa shape index (κ1) is 12.9. The largest absolute Gasteiger partial charge is 0.396 e. The molecule has 80 valence electrons. The van der Waals surface area contributed by atoms with E-state index in [9.17, 15) is 0 Å². The van der Waals surface area contributed by atoms with Gasteiger partial charge in [0.1, 0.15) is 0 Å². The number of unbranched alkanes of at least 4 members (excludes halogenated alkanes) is 4. The summed E-state index contributed by atoms with van der Waals surface area (Å²) in [6.45, 7) is 5.03. The molecule has 0 aromatic heterocycles. The van der Waals surface area contributed by atoms with Crippen LogP contribution in [0.4, 0.5) is 0 Å². The van der Waals surface area contributed by atoms with E-state index in [4.69, 9.17) is 5.11 Å². The molecule has 0 spiro atoms. The second kappa shape index (κ2) is 10.0. The van der Waals surface area contributed by atoms with Crippen molar-refractivity contribution >= 4 is 0 Å². The average molecular weight is 187 g/mol. The first-order chi connectivity index (χ1) is 6.31. The normalized spacial score (nSPS) is 11.1. The maximum absolute atomic E-state index is 8.58. The third-order valence-electron chi connectivity index (χ3n) is 2.34. The molecule has 0 unspecified atom stereocenters. The zero-order valence-corrected chi connectivity index (χ0v) is 9.26. The van der Waals surface area contributed by atoms with Crippen LogP contribution < -0.4 is 0 Å². The Balaban J connectivity index is 3.03. The molecular formula is C11H25NO. The van der Waals surface area contributed by atoms with Crippen molar-refractivity contribution < 1.29 is 5.11 Å². The molecule has 0 radical (unpaired) electrons. The van der Waals surface area contributed by atoms with Crippen molar-refractivity contribution in [1.82, 2.24) is 4.90 Å². The second-order valence-electron chi connectivity index (χ2n) is 3.79. The number of aliphatic hydroxyl groups is 1. The van der Waals surface area contributed by atoms with Crippen LogP contribution in [0, 0.1) is 0 Å². The maximum Gasteiger partial charge on any atom is 0.0431 e. The zero-order valence-electron chi connectivity index (χ0n) is 9.26. The van der Waals surface area contributed by atoms with Crippen LogP contribution in [0.25, 0.3) is 0 Å². The highest BCUT2D eigenvalue weighted by atomic mass is 16.2. The Morgan fingerprint density at radius 1 is 0.923 bits per heavy atom. The van der Waals surface area contributed by atoms with E-state index in [0.29, 0.717) is 6.61 Å². The first-order valence-electron chi connectivity index (χ1n) is 5.60. The summed E-state index contributed by atoms with van der Waals surface area (Å²) in [6.07, 6.45) is 7.29. The van der Waals surface area contributed by atoms with Gasteiger partial charge in [0.25, 0.3) is 0 Å². The Kier molecular flexibility index (Phi) is 9.94. The number of hydrogen-bond donors (Lipinski definition) is 1. The molecule has 0 aromatic rings. The minimum absolute atomic E-state index is 0.353. The van der Waals surface area contributed by atoms with Gasteiger partial charge in [0.15, 0.2) is 0 Å². The van der Waals surface area contributed by atoms with Crippen molar-refractivity contribution in [2.75, 3.05) is 26.7 Å². The number of rotatable bonds is 9. The molecular weight excluding hydrogens is 162 g/mol. The highest BCUT2D eigenvalue weighted by Gasteiger charge is 1.96. The fourth-order valence-electron chi connectivity index (χ4n) is 1.39. The second-order valence-corrected chi connectivity index (χ2v) is 3.79. The Morgan fingerprint density at radius 3 is 2.15 bits per heavy atom. The molecule has 1 N–H and O–H groups in total. The molecule has 0 rings (SSSR count). The number of hydrogen-bond acceptors (Lipinski definition) is 2. The summed E-state index contributed by atoms with van der Waals surface area (Å²) in [5, 5.41) is 8.58. The van der Waals surface area contributed by atoms with Crippen LogP contribution in [0.15, 0.2) is 0 Å². The summed E-state index contributed by atoms with van der Waals surface area (Å²) in [6, 6.07) is 0. The van der Waals surface area contributed by atoms with Gasteiger partial charge in [-0.2, -0.15) is 0 Å². The molecule has 0 atom stereocenters. The molecule has 0 saturated carbocycles. The first-order valence-corrected chi connectivity index (χ1v) is 5.60. The minimum Gasteiger partial charge on any atom is -0.396 e. The van der Waals surface area contributed by atoms with Gasteiger partial charge in [0, 0.05) is 6.61 Å². The molecule has 0 bridgehead atoms. The van der Waals surface area contributed by atoms with E-state index in [1.54, 1.807) is 0 Å². The molecule has 0 heterocycles. The van der Waals surface area contributed by atoms with Crippen molar-refractivity contribution in [3.05, 3.63) is 0 Å². The smallest absolute Gasteiger partial charge is 0.0431 e. The lowest BCUT2D eigenvalue weighted by Gasteiger charge is -2.15. The van der Waals surface area contributed by atoms with Crippen molar-refractivity contribution in [2.24, 2.45) is 0 Å². The van der Waals surface area contributed by atoms with Crippen LogP contribution in [0.2, 0.25) is 0 Å². The van der Waals surface area contributed by atoms with E-state index in [1.807, 2.05) is 0 Å². The van der Waals surface area contributed by atoms with Crippen LogP contribution in [0.1, 0.15) is 45.4 Å². The summed E-state index contributed by atoms with van der Waals surface area (Å²) in [4.78, 5) is 2.41. The van der Waals surface area contributed by atoms with Gasteiger partial charge in [-0.1, -0.05) is 26.2 Å². The minimum atomic E-state index is 0.353. The number of nitrogens with zero attached hydrogens (tertiary/aromatic N) is 1. The van der Waals surface area contributed by atoms with E-state index >= 15 is 0 Å². The van der Waals surface area contributed by atoms with Gasteiger partial charge < -0.3 is 10.0 Å². The lowest BCUT2D eigenvalue weighted by molar-refractivity contribution is 0.277. The summed E-state index contributed by atoms with van der Waals surface area (Å²) in [7, 11) is 2.20. The van der Waals surface area contributed by atoms with Gasteiger partial charge >= 0.3 is 0 Å². The molecule has 0 amide bonds. The molecule has 0 aliphatic carbocycles. The predicted molar refractivity (Wildman–Crippen MR) is 58.0 cm³/mol. The van der Waals surface area contributed by atoms with Crippen LogP contribution in [-0.2, 0) is 0 Å². The molecule has 2 nitrogen and oxygen atoms in total. The molecule has 0 aliphatic rings. The molecule has 13 heavy (non-hydrogen) atoms. The zero-order chi connectivity index (χ0) is 9.94. The Labute approximate surface area is 82.9 Å². The molecule has 0 aliphatic heterocycles. The monoisotopic (exact) mass is 187 g/mol.